The third-order valence-electron chi connectivity index (χ3n) is 4.77. The molecule has 1 amide bonds. The molecule has 3 heterocycles. The molecule has 0 aliphatic carbocycles. The predicted octanol–water partition coefficient (Wildman–Crippen LogP) is 4.06. The monoisotopic (exact) mass is 378 g/mol. The van der Waals surface area contributed by atoms with Gasteiger partial charge in [-0.25, -0.2) is 9.37 Å². The molecule has 0 bridgehead atoms. The Morgan fingerprint density at radius 2 is 1.93 bits per heavy atom. The molecule has 5 nitrogen and oxygen atoms in total. The highest BCUT2D eigenvalue weighted by atomic mass is 32.1. The lowest BCUT2D eigenvalue weighted by Crippen LogP contribution is -2.52. The lowest BCUT2D eigenvalue weighted by Gasteiger charge is -2.37. The molecule has 1 fully saturated rings. The first-order valence-electron chi connectivity index (χ1n) is 8.63. The fourth-order valence-corrected chi connectivity index (χ4v) is 4.28. The Hall–Kier alpha value is -3.06. The summed E-state index contributed by atoms with van der Waals surface area (Å²) >= 11 is 1.45. The van der Waals surface area contributed by atoms with Gasteiger partial charge < -0.3 is 10.2 Å². The molecule has 1 N–H and O–H groups in total. The van der Waals surface area contributed by atoms with Gasteiger partial charge in [-0.3, -0.25) is 9.78 Å². The molecule has 0 unspecified atom stereocenters. The summed E-state index contributed by atoms with van der Waals surface area (Å²) in [6.07, 6.45) is 1.72. The van der Waals surface area contributed by atoms with E-state index in [1.54, 1.807) is 12.3 Å². The van der Waals surface area contributed by atoms with Crippen LogP contribution in [0.15, 0.2) is 54.7 Å². The molecular formula is C20H15FN4OS. The van der Waals surface area contributed by atoms with Gasteiger partial charge in [0.2, 0.25) is 5.91 Å². The summed E-state index contributed by atoms with van der Waals surface area (Å²) in [6.45, 7) is 1.15. The number of benzene rings is 2. The summed E-state index contributed by atoms with van der Waals surface area (Å²) < 4.78 is 14.6. The van der Waals surface area contributed by atoms with Crippen molar-refractivity contribution in [1.29, 1.82) is 0 Å². The lowest BCUT2D eigenvalue weighted by atomic mass is 10.00. The van der Waals surface area contributed by atoms with Gasteiger partial charge in [0, 0.05) is 24.7 Å². The van der Waals surface area contributed by atoms with E-state index in [-0.39, 0.29) is 17.6 Å². The molecule has 0 radical (unpaired) electrons. The summed E-state index contributed by atoms with van der Waals surface area (Å²) in [4.78, 5) is 23.4. The van der Waals surface area contributed by atoms with Gasteiger partial charge in [-0.1, -0.05) is 35.6 Å². The van der Waals surface area contributed by atoms with Gasteiger partial charge in [-0.2, -0.15) is 0 Å². The van der Waals surface area contributed by atoms with Crippen molar-refractivity contribution in [1.82, 2.24) is 9.97 Å². The third kappa shape index (κ3) is 2.80. The molecule has 27 heavy (non-hydrogen) atoms. The quantitative estimate of drug-likeness (QED) is 0.584. The normalized spacial score (nSPS) is 14.5. The first-order valence-corrected chi connectivity index (χ1v) is 9.45. The van der Waals surface area contributed by atoms with Crippen LogP contribution in [0, 0.1) is 11.7 Å². The van der Waals surface area contributed by atoms with Crippen molar-refractivity contribution in [3.63, 3.8) is 0 Å². The highest BCUT2D eigenvalue weighted by molar-refractivity contribution is 7.22. The van der Waals surface area contributed by atoms with Crippen LogP contribution >= 0.6 is 11.3 Å². The predicted molar refractivity (Wildman–Crippen MR) is 106 cm³/mol. The molecule has 4 aromatic rings. The zero-order chi connectivity index (χ0) is 18.4. The van der Waals surface area contributed by atoms with Crippen molar-refractivity contribution in [3.8, 4) is 0 Å². The average Bonchev–Trinajstić information content (AvgIpc) is 3.06. The number of para-hydroxylation sites is 2. The van der Waals surface area contributed by atoms with Crippen LogP contribution in [0.1, 0.15) is 0 Å². The van der Waals surface area contributed by atoms with E-state index in [1.165, 1.54) is 17.4 Å². The fraction of sp³-hybridized carbons (Fsp3) is 0.150. The van der Waals surface area contributed by atoms with Crippen LogP contribution in [0.2, 0.25) is 0 Å². The van der Waals surface area contributed by atoms with E-state index < -0.39 is 0 Å². The van der Waals surface area contributed by atoms with Crippen molar-refractivity contribution in [3.05, 3.63) is 60.5 Å². The number of carbonyl (C=O) groups excluding carboxylic acids is 1. The number of amides is 1. The molecule has 1 saturated heterocycles. The van der Waals surface area contributed by atoms with Crippen LogP contribution in [0.5, 0.6) is 0 Å². The molecule has 0 spiro atoms. The third-order valence-corrected chi connectivity index (χ3v) is 5.85. The summed E-state index contributed by atoms with van der Waals surface area (Å²) in [7, 11) is 0. The Balaban J connectivity index is 1.30. The zero-order valence-electron chi connectivity index (χ0n) is 14.2. The minimum Gasteiger partial charge on any atom is -0.346 e. The Labute approximate surface area is 158 Å². The number of halogens is 1. The highest BCUT2D eigenvalue weighted by Crippen LogP contribution is 2.34. The van der Waals surface area contributed by atoms with Gasteiger partial charge >= 0.3 is 0 Å². The Bertz CT molecular complexity index is 1160. The highest BCUT2D eigenvalue weighted by Gasteiger charge is 2.34. The number of thiazole rings is 1. The molecular weight excluding hydrogens is 363 g/mol. The van der Waals surface area contributed by atoms with Crippen LogP contribution in [-0.4, -0.2) is 29.0 Å². The standard InChI is InChI=1S/C20H15FN4OS/c21-14-6-2-8-16-18(14)24-20(27-16)25-10-13(11-25)19(26)23-15-7-1-4-12-5-3-9-22-17(12)15/h1-9,13H,10-11H2,(H,23,26). The molecule has 2 aromatic carbocycles. The first-order chi connectivity index (χ1) is 13.2. The molecule has 5 rings (SSSR count). The van der Waals surface area contributed by atoms with Gasteiger partial charge in [-0.15, -0.1) is 0 Å². The number of anilines is 2. The summed E-state index contributed by atoms with van der Waals surface area (Å²) in [5.74, 6) is -0.467. The second-order valence-electron chi connectivity index (χ2n) is 6.55. The SMILES string of the molecule is O=C(Nc1cccc2cccnc12)C1CN(c2nc3c(F)cccc3s2)C1. The van der Waals surface area contributed by atoms with E-state index >= 15 is 0 Å². The second-order valence-corrected chi connectivity index (χ2v) is 7.56. The van der Waals surface area contributed by atoms with Gasteiger partial charge in [0.25, 0.3) is 0 Å². The van der Waals surface area contributed by atoms with E-state index in [0.29, 0.717) is 18.6 Å². The fourth-order valence-electron chi connectivity index (χ4n) is 3.28. The van der Waals surface area contributed by atoms with Crippen molar-refractivity contribution < 1.29 is 9.18 Å². The number of rotatable bonds is 3. The minimum absolute atomic E-state index is 0.0308. The van der Waals surface area contributed by atoms with Crippen molar-refractivity contribution >= 4 is 49.2 Å². The van der Waals surface area contributed by atoms with Crippen LogP contribution in [0.25, 0.3) is 21.1 Å². The molecule has 1 aliphatic rings. The smallest absolute Gasteiger partial charge is 0.231 e. The van der Waals surface area contributed by atoms with E-state index in [1.807, 2.05) is 41.3 Å². The van der Waals surface area contributed by atoms with Crippen molar-refractivity contribution in [2.24, 2.45) is 5.92 Å². The number of pyridine rings is 1. The molecule has 0 atom stereocenters. The van der Waals surface area contributed by atoms with Crippen LogP contribution in [0.4, 0.5) is 15.2 Å². The van der Waals surface area contributed by atoms with Gasteiger partial charge in [0.15, 0.2) is 5.13 Å². The number of nitrogens with one attached hydrogen (secondary N) is 1. The summed E-state index contributed by atoms with van der Waals surface area (Å²) in [5, 5.41) is 4.73. The summed E-state index contributed by atoms with van der Waals surface area (Å²) in [5.41, 5.74) is 1.90. The number of hydrogen-bond donors (Lipinski definition) is 1. The molecule has 2 aromatic heterocycles. The van der Waals surface area contributed by atoms with Crippen LogP contribution < -0.4 is 10.2 Å². The number of nitrogens with zero attached hydrogens (tertiary/aromatic N) is 3. The molecule has 0 saturated carbocycles. The minimum atomic E-state index is -0.312. The van der Waals surface area contributed by atoms with E-state index in [9.17, 15) is 9.18 Å². The number of fused-ring (bicyclic) bond motifs is 2. The first kappa shape index (κ1) is 16.1. The van der Waals surface area contributed by atoms with E-state index in [0.717, 1.165) is 26.4 Å². The van der Waals surface area contributed by atoms with E-state index in [4.69, 9.17) is 0 Å². The number of aromatic nitrogens is 2. The summed E-state index contributed by atoms with van der Waals surface area (Å²) in [6, 6.07) is 14.5. The van der Waals surface area contributed by atoms with Gasteiger partial charge in [0.05, 0.1) is 21.8 Å². The Morgan fingerprint density at radius 3 is 2.78 bits per heavy atom. The Morgan fingerprint density at radius 1 is 1.11 bits per heavy atom. The topological polar surface area (TPSA) is 58.1 Å². The maximum absolute atomic E-state index is 13.8. The van der Waals surface area contributed by atoms with Crippen molar-refractivity contribution in [2.45, 2.75) is 0 Å². The lowest BCUT2D eigenvalue weighted by molar-refractivity contribution is -0.120. The van der Waals surface area contributed by atoms with Crippen LogP contribution in [-0.2, 0) is 4.79 Å². The second kappa shape index (κ2) is 6.28. The van der Waals surface area contributed by atoms with Gasteiger partial charge in [0.1, 0.15) is 11.3 Å². The van der Waals surface area contributed by atoms with Crippen LogP contribution in [0.3, 0.4) is 0 Å². The largest absolute Gasteiger partial charge is 0.346 e. The Kier molecular flexibility index (Phi) is 3.75. The van der Waals surface area contributed by atoms with Gasteiger partial charge in [-0.05, 0) is 24.3 Å². The maximum atomic E-state index is 13.8. The molecule has 7 heteroatoms. The number of hydrogen-bond acceptors (Lipinski definition) is 5. The molecule has 1 aliphatic heterocycles. The molecule has 134 valence electrons. The zero-order valence-corrected chi connectivity index (χ0v) is 15.0. The maximum Gasteiger partial charge on any atom is 0.231 e. The van der Waals surface area contributed by atoms with Crippen molar-refractivity contribution in [2.75, 3.05) is 23.3 Å². The number of carbonyl (C=O) groups is 1. The average molecular weight is 378 g/mol. The van der Waals surface area contributed by atoms with E-state index in [2.05, 4.69) is 15.3 Å².